The van der Waals surface area contributed by atoms with Crippen molar-refractivity contribution in [3.05, 3.63) is 65.9 Å². The van der Waals surface area contributed by atoms with Crippen molar-refractivity contribution in [2.24, 2.45) is 7.05 Å². The summed E-state index contributed by atoms with van der Waals surface area (Å²) in [6.07, 6.45) is 1.16. The molecule has 33 heavy (non-hydrogen) atoms. The molecule has 0 spiro atoms. The molecule has 0 saturated heterocycles. The predicted octanol–water partition coefficient (Wildman–Crippen LogP) is 4.21. The summed E-state index contributed by atoms with van der Waals surface area (Å²) < 4.78 is 26.0. The van der Waals surface area contributed by atoms with Crippen LogP contribution in [0.3, 0.4) is 0 Å². The molecule has 0 unspecified atom stereocenters. The Morgan fingerprint density at radius 2 is 1.82 bits per heavy atom. The molecule has 0 aliphatic heterocycles. The maximum absolute atomic E-state index is 13.4. The SMILES string of the molecule is Cc1nn(C)c2nc(-c3ccccc3)cc(C(=O)Nc3nc4ccc(S(C)(=O)=O)cc4s3)c12. The zero-order valence-corrected chi connectivity index (χ0v) is 19.7. The van der Waals surface area contributed by atoms with Gasteiger partial charge in [-0.25, -0.2) is 18.4 Å². The van der Waals surface area contributed by atoms with Crippen LogP contribution in [0.1, 0.15) is 16.1 Å². The number of thiazole rings is 1. The molecule has 0 bridgehead atoms. The van der Waals surface area contributed by atoms with Gasteiger partial charge in [-0.15, -0.1) is 0 Å². The van der Waals surface area contributed by atoms with Crippen molar-refractivity contribution in [2.45, 2.75) is 11.8 Å². The summed E-state index contributed by atoms with van der Waals surface area (Å²) in [4.78, 5) is 22.8. The van der Waals surface area contributed by atoms with E-state index in [0.717, 1.165) is 11.8 Å². The van der Waals surface area contributed by atoms with Crippen molar-refractivity contribution in [2.75, 3.05) is 11.6 Å². The molecule has 3 aromatic heterocycles. The molecule has 2 aromatic carbocycles. The lowest BCUT2D eigenvalue weighted by Gasteiger charge is -2.08. The first-order valence-corrected chi connectivity index (χ1v) is 12.7. The standard InChI is InChI=1S/C23H19N5O3S2/c1-13-20-16(12-18(14-7-5-4-6-8-14)24-21(20)28(2)27-13)22(29)26-23-25-17-10-9-15(33(3,30)31)11-19(17)32-23/h4-12H,1-3H3,(H,25,26,29). The van der Waals surface area contributed by atoms with Crippen LogP contribution in [0.4, 0.5) is 5.13 Å². The van der Waals surface area contributed by atoms with E-state index in [4.69, 9.17) is 4.98 Å². The number of fused-ring (bicyclic) bond motifs is 2. The van der Waals surface area contributed by atoms with Gasteiger partial charge in [-0.2, -0.15) is 5.10 Å². The van der Waals surface area contributed by atoms with Gasteiger partial charge in [0.05, 0.1) is 37.4 Å². The maximum Gasteiger partial charge on any atom is 0.258 e. The number of anilines is 1. The molecule has 5 aromatic rings. The number of sulfone groups is 1. The van der Waals surface area contributed by atoms with E-state index in [1.807, 2.05) is 37.3 Å². The summed E-state index contributed by atoms with van der Waals surface area (Å²) in [5, 5.41) is 8.37. The number of rotatable bonds is 4. The minimum Gasteiger partial charge on any atom is -0.298 e. The molecule has 0 radical (unpaired) electrons. The smallest absolute Gasteiger partial charge is 0.258 e. The number of amides is 1. The molecule has 0 aliphatic carbocycles. The number of nitrogens with zero attached hydrogens (tertiary/aromatic N) is 4. The number of benzene rings is 2. The Kier molecular flexibility index (Phi) is 4.98. The number of hydrogen-bond acceptors (Lipinski definition) is 7. The van der Waals surface area contributed by atoms with Crippen molar-refractivity contribution in [1.82, 2.24) is 19.7 Å². The van der Waals surface area contributed by atoms with Gasteiger partial charge in [0.2, 0.25) is 0 Å². The van der Waals surface area contributed by atoms with E-state index in [1.54, 1.807) is 29.9 Å². The molecule has 8 nitrogen and oxygen atoms in total. The topological polar surface area (TPSA) is 107 Å². The summed E-state index contributed by atoms with van der Waals surface area (Å²) in [7, 11) is -1.54. The van der Waals surface area contributed by atoms with Crippen LogP contribution in [0.25, 0.3) is 32.5 Å². The molecule has 1 N–H and O–H groups in total. The van der Waals surface area contributed by atoms with Gasteiger partial charge >= 0.3 is 0 Å². The number of aromatic nitrogens is 4. The predicted molar refractivity (Wildman–Crippen MR) is 129 cm³/mol. The normalized spacial score (nSPS) is 11.8. The highest BCUT2D eigenvalue weighted by atomic mass is 32.2. The second-order valence-electron chi connectivity index (χ2n) is 7.70. The first-order chi connectivity index (χ1) is 15.7. The molecule has 0 saturated carbocycles. The summed E-state index contributed by atoms with van der Waals surface area (Å²) >= 11 is 1.22. The Morgan fingerprint density at radius 3 is 2.55 bits per heavy atom. The van der Waals surface area contributed by atoms with Crippen LogP contribution in [-0.4, -0.2) is 40.3 Å². The van der Waals surface area contributed by atoms with Gasteiger partial charge < -0.3 is 0 Å². The fourth-order valence-corrected chi connectivity index (χ4v) is 5.36. The second kappa shape index (κ2) is 7.75. The third kappa shape index (κ3) is 3.87. The van der Waals surface area contributed by atoms with Crippen LogP contribution in [0.2, 0.25) is 0 Å². The van der Waals surface area contributed by atoms with E-state index in [-0.39, 0.29) is 10.8 Å². The van der Waals surface area contributed by atoms with Gasteiger partial charge in [-0.05, 0) is 31.2 Å². The average Bonchev–Trinajstić information content (AvgIpc) is 3.32. The van der Waals surface area contributed by atoms with Gasteiger partial charge in [0, 0.05) is 18.9 Å². The van der Waals surface area contributed by atoms with E-state index in [2.05, 4.69) is 15.4 Å². The average molecular weight is 478 g/mol. The van der Waals surface area contributed by atoms with Crippen LogP contribution in [-0.2, 0) is 16.9 Å². The van der Waals surface area contributed by atoms with Gasteiger partial charge in [-0.1, -0.05) is 41.7 Å². The summed E-state index contributed by atoms with van der Waals surface area (Å²) in [6.45, 7) is 1.84. The Hall–Kier alpha value is -3.63. The van der Waals surface area contributed by atoms with E-state index in [9.17, 15) is 13.2 Å². The van der Waals surface area contributed by atoms with Crippen LogP contribution < -0.4 is 5.32 Å². The van der Waals surface area contributed by atoms with Gasteiger partial charge in [-0.3, -0.25) is 14.8 Å². The molecule has 0 fully saturated rings. The number of carbonyl (C=O) groups is 1. The third-order valence-corrected chi connectivity index (χ3v) is 7.34. The van der Waals surface area contributed by atoms with Crippen LogP contribution in [0.15, 0.2) is 59.5 Å². The zero-order valence-electron chi connectivity index (χ0n) is 18.0. The number of nitrogens with one attached hydrogen (secondary N) is 1. The number of hydrogen-bond donors (Lipinski definition) is 1. The van der Waals surface area contributed by atoms with Crippen LogP contribution in [0.5, 0.6) is 0 Å². The highest BCUT2D eigenvalue weighted by molar-refractivity contribution is 7.90. The first kappa shape index (κ1) is 21.2. The fourth-order valence-electron chi connectivity index (χ4n) is 3.73. The van der Waals surface area contributed by atoms with Crippen molar-refractivity contribution in [1.29, 1.82) is 0 Å². The Balaban J connectivity index is 1.58. The molecule has 3 heterocycles. The number of pyridine rings is 1. The van der Waals surface area contributed by atoms with Gasteiger partial charge in [0.25, 0.3) is 5.91 Å². The Labute approximate surface area is 193 Å². The second-order valence-corrected chi connectivity index (χ2v) is 10.7. The first-order valence-electron chi connectivity index (χ1n) is 10.0. The Bertz CT molecular complexity index is 1650. The van der Waals surface area contributed by atoms with Crippen LogP contribution >= 0.6 is 11.3 Å². The highest BCUT2D eigenvalue weighted by Crippen LogP contribution is 2.31. The van der Waals surface area contributed by atoms with Gasteiger partial charge in [0.15, 0.2) is 20.6 Å². The van der Waals surface area contributed by atoms with E-state index in [0.29, 0.717) is 43.3 Å². The molecule has 0 atom stereocenters. The molecule has 5 rings (SSSR count). The zero-order chi connectivity index (χ0) is 23.3. The van der Waals surface area contributed by atoms with Crippen molar-refractivity contribution < 1.29 is 13.2 Å². The molecule has 10 heteroatoms. The van der Waals surface area contributed by atoms with Crippen molar-refractivity contribution in [3.8, 4) is 11.3 Å². The molecular weight excluding hydrogens is 458 g/mol. The van der Waals surface area contributed by atoms with Crippen molar-refractivity contribution in [3.63, 3.8) is 0 Å². The minimum atomic E-state index is -3.33. The number of carbonyl (C=O) groups excluding carboxylic acids is 1. The Morgan fingerprint density at radius 1 is 1.06 bits per heavy atom. The van der Waals surface area contributed by atoms with E-state index >= 15 is 0 Å². The summed E-state index contributed by atoms with van der Waals surface area (Å²) in [6, 6.07) is 16.1. The summed E-state index contributed by atoms with van der Waals surface area (Å²) in [5.74, 6) is -0.335. The van der Waals surface area contributed by atoms with E-state index in [1.165, 1.54) is 17.4 Å². The van der Waals surface area contributed by atoms with Gasteiger partial charge in [0.1, 0.15) is 0 Å². The third-order valence-electron chi connectivity index (χ3n) is 5.29. The number of aryl methyl sites for hydroxylation is 2. The molecule has 0 aliphatic rings. The lowest BCUT2D eigenvalue weighted by Crippen LogP contribution is -2.13. The van der Waals surface area contributed by atoms with E-state index < -0.39 is 9.84 Å². The quantitative estimate of drug-likeness (QED) is 0.416. The highest BCUT2D eigenvalue weighted by Gasteiger charge is 2.20. The monoisotopic (exact) mass is 477 g/mol. The summed E-state index contributed by atoms with van der Waals surface area (Å²) in [5.41, 5.74) is 3.93. The molecular formula is C23H19N5O3S2. The van der Waals surface area contributed by atoms with Crippen LogP contribution in [0, 0.1) is 6.92 Å². The van der Waals surface area contributed by atoms with Crippen molar-refractivity contribution >= 4 is 53.5 Å². The maximum atomic E-state index is 13.4. The lowest BCUT2D eigenvalue weighted by atomic mass is 10.1. The molecule has 166 valence electrons. The fraction of sp³-hybridized carbons (Fsp3) is 0.130. The largest absolute Gasteiger partial charge is 0.298 e. The molecule has 1 amide bonds. The lowest BCUT2D eigenvalue weighted by molar-refractivity contribution is 0.102. The minimum absolute atomic E-state index is 0.214.